The lowest BCUT2D eigenvalue weighted by Gasteiger charge is -2.17. The second-order valence-electron chi connectivity index (χ2n) is 5.32. The van der Waals surface area contributed by atoms with Gasteiger partial charge in [0.05, 0.1) is 23.0 Å². The van der Waals surface area contributed by atoms with Gasteiger partial charge < -0.3 is 10.1 Å². The molecule has 0 bridgehead atoms. The molecule has 0 aliphatic rings. The molecule has 1 N–H and O–H groups in total. The standard InChI is InChI=1S/C17H19BrN2O4S/c1-20(25(22,23)14-6-4-3-5-7-14)12-17(21)19-11-13-8-9-16(24-2)15(18)10-13/h3-10H,11-12H2,1-2H3,(H,19,21). The van der Waals surface area contributed by atoms with E-state index in [-0.39, 0.29) is 17.3 Å². The SMILES string of the molecule is COc1ccc(CNC(=O)CN(C)S(=O)(=O)c2ccccc2)cc1Br. The third-order valence-electron chi connectivity index (χ3n) is 3.52. The van der Waals surface area contributed by atoms with Crippen LogP contribution in [-0.4, -0.2) is 39.3 Å². The van der Waals surface area contributed by atoms with E-state index in [9.17, 15) is 13.2 Å². The van der Waals surface area contributed by atoms with Crippen molar-refractivity contribution < 1.29 is 17.9 Å². The molecule has 2 aromatic rings. The molecule has 8 heteroatoms. The summed E-state index contributed by atoms with van der Waals surface area (Å²) in [6.45, 7) is 0.0369. The zero-order valence-corrected chi connectivity index (χ0v) is 16.3. The maximum absolute atomic E-state index is 12.4. The number of methoxy groups -OCH3 is 1. The molecule has 0 aliphatic carbocycles. The maximum atomic E-state index is 12.4. The van der Waals surface area contributed by atoms with E-state index in [4.69, 9.17) is 4.74 Å². The van der Waals surface area contributed by atoms with Crippen molar-refractivity contribution >= 4 is 31.9 Å². The number of nitrogens with one attached hydrogen (secondary N) is 1. The predicted molar refractivity (Wildman–Crippen MR) is 98.8 cm³/mol. The molecular weight excluding hydrogens is 408 g/mol. The predicted octanol–water partition coefficient (Wildman–Crippen LogP) is 2.39. The first kappa shape index (κ1) is 19.4. The Kier molecular flexibility index (Phi) is 6.57. The van der Waals surface area contributed by atoms with Gasteiger partial charge in [-0.25, -0.2) is 8.42 Å². The summed E-state index contributed by atoms with van der Waals surface area (Å²) in [7, 11) is -0.729. The molecule has 0 saturated heterocycles. The summed E-state index contributed by atoms with van der Waals surface area (Å²) in [5.41, 5.74) is 0.870. The summed E-state index contributed by atoms with van der Waals surface area (Å²) in [4.78, 5) is 12.2. The van der Waals surface area contributed by atoms with E-state index in [2.05, 4.69) is 21.2 Å². The molecule has 1 amide bonds. The minimum absolute atomic E-state index is 0.157. The van der Waals surface area contributed by atoms with Crippen LogP contribution in [0.25, 0.3) is 0 Å². The van der Waals surface area contributed by atoms with Crippen LogP contribution in [-0.2, 0) is 21.4 Å². The molecule has 0 fully saturated rings. The quantitative estimate of drug-likeness (QED) is 0.737. The number of nitrogens with zero attached hydrogens (tertiary/aromatic N) is 1. The van der Waals surface area contributed by atoms with Gasteiger partial charge in [-0.05, 0) is 45.8 Å². The second kappa shape index (κ2) is 8.46. The van der Waals surface area contributed by atoms with E-state index >= 15 is 0 Å². The van der Waals surface area contributed by atoms with Crippen molar-refractivity contribution in [2.45, 2.75) is 11.4 Å². The molecule has 2 rings (SSSR count). The second-order valence-corrected chi connectivity index (χ2v) is 8.22. The number of carbonyl (C=O) groups excluding carboxylic acids is 1. The first-order chi connectivity index (χ1) is 11.8. The Labute approximate surface area is 156 Å². The van der Waals surface area contributed by atoms with Crippen molar-refractivity contribution in [1.82, 2.24) is 9.62 Å². The van der Waals surface area contributed by atoms with Gasteiger partial charge in [0.15, 0.2) is 0 Å². The average Bonchev–Trinajstić information content (AvgIpc) is 2.60. The van der Waals surface area contributed by atoms with Gasteiger partial charge in [0.1, 0.15) is 5.75 Å². The Balaban J connectivity index is 1.95. The van der Waals surface area contributed by atoms with Crippen LogP contribution in [0.2, 0.25) is 0 Å². The molecule has 0 radical (unpaired) electrons. The largest absolute Gasteiger partial charge is 0.496 e. The summed E-state index contributed by atoms with van der Waals surface area (Å²) < 4.78 is 31.7. The smallest absolute Gasteiger partial charge is 0.243 e. The molecule has 0 atom stereocenters. The van der Waals surface area contributed by atoms with Gasteiger partial charge in [-0.3, -0.25) is 4.79 Å². The van der Waals surface area contributed by atoms with Gasteiger partial charge in [0.2, 0.25) is 15.9 Å². The van der Waals surface area contributed by atoms with Crippen molar-refractivity contribution in [2.75, 3.05) is 20.7 Å². The van der Waals surface area contributed by atoms with Crippen LogP contribution in [0.15, 0.2) is 57.9 Å². The summed E-state index contributed by atoms with van der Waals surface area (Å²) in [5, 5.41) is 2.71. The van der Waals surface area contributed by atoms with Crippen LogP contribution < -0.4 is 10.1 Å². The van der Waals surface area contributed by atoms with E-state index in [0.717, 1.165) is 14.3 Å². The van der Waals surface area contributed by atoms with Crippen molar-refractivity contribution in [3.05, 3.63) is 58.6 Å². The van der Waals surface area contributed by atoms with E-state index in [0.29, 0.717) is 12.3 Å². The molecule has 25 heavy (non-hydrogen) atoms. The number of hydrogen-bond donors (Lipinski definition) is 1. The zero-order valence-electron chi connectivity index (χ0n) is 13.9. The number of halogens is 1. The maximum Gasteiger partial charge on any atom is 0.243 e. The van der Waals surface area contributed by atoms with E-state index in [1.165, 1.54) is 19.2 Å². The number of amides is 1. The Bertz CT molecular complexity index is 841. The molecule has 0 saturated carbocycles. The first-order valence-corrected chi connectivity index (χ1v) is 9.68. The molecule has 2 aromatic carbocycles. The summed E-state index contributed by atoms with van der Waals surface area (Å²) >= 11 is 3.38. The normalized spacial score (nSPS) is 11.4. The average molecular weight is 427 g/mol. The van der Waals surface area contributed by atoms with Gasteiger partial charge >= 0.3 is 0 Å². The Morgan fingerprint density at radius 1 is 1.20 bits per heavy atom. The number of rotatable bonds is 7. The Hall–Kier alpha value is -1.90. The molecule has 0 aromatic heterocycles. The van der Waals surface area contributed by atoms with Gasteiger partial charge in [0.25, 0.3) is 0 Å². The lowest BCUT2D eigenvalue weighted by atomic mass is 10.2. The van der Waals surface area contributed by atoms with Crippen molar-refractivity contribution in [3.8, 4) is 5.75 Å². The van der Waals surface area contributed by atoms with E-state index < -0.39 is 10.0 Å². The van der Waals surface area contributed by atoms with Gasteiger partial charge in [-0.15, -0.1) is 0 Å². The van der Waals surface area contributed by atoms with Crippen LogP contribution >= 0.6 is 15.9 Å². The third-order valence-corrected chi connectivity index (χ3v) is 5.96. The lowest BCUT2D eigenvalue weighted by Crippen LogP contribution is -2.38. The first-order valence-electron chi connectivity index (χ1n) is 7.45. The summed E-state index contributed by atoms with van der Waals surface area (Å²) in [5.74, 6) is 0.317. The molecule has 0 heterocycles. The fourth-order valence-electron chi connectivity index (χ4n) is 2.14. The van der Waals surface area contributed by atoms with E-state index in [1.54, 1.807) is 31.4 Å². The van der Waals surface area contributed by atoms with Gasteiger partial charge in [-0.1, -0.05) is 24.3 Å². The minimum atomic E-state index is -3.68. The van der Waals surface area contributed by atoms with Crippen molar-refractivity contribution in [3.63, 3.8) is 0 Å². The third kappa shape index (κ3) is 5.04. The molecule has 0 spiro atoms. The summed E-state index contributed by atoms with van der Waals surface area (Å²) in [6.07, 6.45) is 0. The lowest BCUT2D eigenvalue weighted by molar-refractivity contribution is -0.121. The van der Waals surface area contributed by atoms with Crippen molar-refractivity contribution in [1.29, 1.82) is 0 Å². The highest BCUT2D eigenvalue weighted by molar-refractivity contribution is 9.10. The Morgan fingerprint density at radius 2 is 1.88 bits per heavy atom. The number of sulfonamides is 1. The number of benzene rings is 2. The molecule has 6 nitrogen and oxygen atoms in total. The zero-order chi connectivity index (χ0) is 18.4. The number of hydrogen-bond acceptors (Lipinski definition) is 4. The molecule has 0 unspecified atom stereocenters. The van der Waals surface area contributed by atoms with Crippen LogP contribution in [0.4, 0.5) is 0 Å². The molecular formula is C17H19BrN2O4S. The molecule has 134 valence electrons. The minimum Gasteiger partial charge on any atom is -0.496 e. The highest BCUT2D eigenvalue weighted by atomic mass is 79.9. The van der Waals surface area contributed by atoms with Gasteiger partial charge in [0, 0.05) is 13.6 Å². The van der Waals surface area contributed by atoms with E-state index in [1.807, 2.05) is 12.1 Å². The fourth-order valence-corrected chi connectivity index (χ4v) is 3.87. The number of carbonyl (C=O) groups is 1. The van der Waals surface area contributed by atoms with Crippen LogP contribution in [0, 0.1) is 0 Å². The fraction of sp³-hybridized carbons (Fsp3) is 0.235. The highest BCUT2D eigenvalue weighted by Crippen LogP contribution is 2.25. The summed E-state index contributed by atoms with van der Waals surface area (Å²) in [6, 6.07) is 13.5. The number of likely N-dealkylation sites (N-methyl/N-ethyl adjacent to an activating group) is 1. The van der Waals surface area contributed by atoms with Crippen LogP contribution in [0.3, 0.4) is 0 Å². The molecule has 0 aliphatic heterocycles. The highest BCUT2D eigenvalue weighted by Gasteiger charge is 2.22. The van der Waals surface area contributed by atoms with Crippen LogP contribution in [0.1, 0.15) is 5.56 Å². The monoisotopic (exact) mass is 426 g/mol. The topological polar surface area (TPSA) is 75.7 Å². The Morgan fingerprint density at radius 3 is 2.48 bits per heavy atom. The van der Waals surface area contributed by atoms with Gasteiger partial charge in [-0.2, -0.15) is 4.31 Å². The van der Waals surface area contributed by atoms with Crippen LogP contribution in [0.5, 0.6) is 5.75 Å². The van der Waals surface area contributed by atoms with Crippen molar-refractivity contribution in [2.24, 2.45) is 0 Å². The number of ether oxygens (including phenoxy) is 1.